The van der Waals surface area contributed by atoms with E-state index in [9.17, 15) is 9.59 Å². The van der Waals surface area contributed by atoms with E-state index in [-0.39, 0.29) is 18.0 Å². The quantitative estimate of drug-likeness (QED) is 0.513. The smallest absolute Gasteiger partial charge is 0.267 e. The monoisotopic (exact) mass is 416 g/mol. The zero-order chi connectivity index (χ0) is 22.0. The van der Waals surface area contributed by atoms with Crippen LogP contribution in [0.2, 0.25) is 0 Å². The van der Waals surface area contributed by atoms with E-state index in [1.165, 1.54) is 10.7 Å². The van der Waals surface area contributed by atoms with Gasteiger partial charge in [-0.3, -0.25) is 9.59 Å². The molecule has 0 bridgehead atoms. The van der Waals surface area contributed by atoms with Crippen LogP contribution < -0.4 is 15.6 Å². The lowest BCUT2D eigenvalue weighted by molar-refractivity contribution is -0.117. The van der Waals surface area contributed by atoms with Crippen LogP contribution in [0.4, 0.5) is 5.69 Å². The van der Waals surface area contributed by atoms with Crippen molar-refractivity contribution in [3.8, 4) is 17.0 Å². The molecule has 0 saturated heterocycles. The molecule has 0 aliphatic rings. The second-order valence-electron chi connectivity index (χ2n) is 7.55. The molecule has 4 aromatic rings. The van der Waals surface area contributed by atoms with Crippen LogP contribution in [-0.2, 0) is 11.3 Å². The van der Waals surface area contributed by atoms with Crippen LogP contribution in [0.15, 0.2) is 71.7 Å². The molecule has 1 amide bonds. The van der Waals surface area contributed by atoms with Crippen LogP contribution in [0.25, 0.3) is 22.2 Å². The summed E-state index contributed by atoms with van der Waals surface area (Å²) in [5.41, 5.74) is 2.85. The number of methoxy groups -OCH3 is 1. The summed E-state index contributed by atoms with van der Waals surface area (Å²) in [6.45, 7) is 4.04. The number of hydrogen-bond donors (Lipinski definition) is 1. The average Bonchev–Trinajstić information content (AvgIpc) is 3.21. The predicted molar refractivity (Wildman–Crippen MR) is 121 cm³/mol. The molecule has 0 aliphatic heterocycles. The summed E-state index contributed by atoms with van der Waals surface area (Å²) in [4.78, 5) is 25.0. The third kappa shape index (κ3) is 4.21. The van der Waals surface area contributed by atoms with E-state index in [0.717, 1.165) is 22.2 Å². The van der Waals surface area contributed by atoms with E-state index in [0.29, 0.717) is 17.4 Å². The molecule has 4 rings (SSSR count). The predicted octanol–water partition coefficient (Wildman–Crippen LogP) is 4.09. The Hall–Kier alpha value is -3.87. The maximum Gasteiger partial charge on any atom is 0.267 e. The molecule has 0 saturated carbocycles. The van der Waals surface area contributed by atoms with Gasteiger partial charge in [-0.1, -0.05) is 6.07 Å². The van der Waals surface area contributed by atoms with Gasteiger partial charge in [-0.25, -0.2) is 4.68 Å². The van der Waals surface area contributed by atoms with Crippen molar-refractivity contribution < 1.29 is 9.53 Å². The average molecular weight is 416 g/mol. The lowest BCUT2D eigenvalue weighted by atomic mass is 10.1. The molecule has 158 valence electrons. The number of carbonyl (C=O) groups is 1. The summed E-state index contributed by atoms with van der Waals surface area (Å²) >= 11 is 0. The first kappa shape index (κ1) is 20.4. The molecule has 7 heteroatoms. The number of nitrogens with zero attached hydrogens (tertiary/aromatic N) is 3. The summed E-state index contributed by atoms with van der Waals surface area (Å²) in [6.07, 6.45) is 2.01. The number of hydrogen-bond acceptors (Lipinski definition) is 4. The van der Waals surface area contributed by atoms with Crippen molar-refractivity contribution in [2.24, 2.45) is 0 Å². The number of fused-ring (bicyclic) bond motifs is 1. The highest BCUT2D eigenvalue weighted by Crippen LogP contribution is 2.27. The summed E-state index contributed by atoms with van der Waals surface area (Å²) in [6, 6.07) is 18.5. The van der Waals surface area contributed by atoms with E-state index in [1.54, 1.807) is 13.2 Å². The molecule has 0 spiro atoms. The number of rotatable bonds is 6. The van der Waals surface area contributed by atoms with Gasteiger partial charge in [0, 0.05) is 29.3 Å². The normalized spacial score (nSPS) is 11.1. The van der Waals surface area contributed by atoms with Gasteiger partial charge >= 0.3 is 0 Å². The first-order valence-electron chi connectivity index (χ1n) is 10.1. The van der Waals surface area contributed by atoms with Gasteiger partial charge in [-0.2, -0.15) is 5.10 Å². The minimum absolute atomic E-state index is 0.176. The topological polar surface area (TPSA) is 78.1 Å². The van der Waals surface area contributed by atoms with Crippen LogP contribution in [0.5, 0.6) is 5.75 Å². The summed E-state index contributed by atoms with van der Waals surface area (Å²) in [7, 11) is 1.60. The van der Waals surface area contributed by atoms with E-state index >= 15 is 0 Å². The Balaban J connectivity index is 1.56. The Morgan fingerprint density at radius 2 is 1.84 bits per heavy atom. The number of ether oxygens (including phenoxy) is 1. The van der Waals surface area contributed by atoms with E-state index in [2.05, 4.69) is 28.8 Å². The van der Waals surface area contributed by atoms with E-state index in [4.69, 9.17) is 4.74 Å². The molecule has 0 unspecified atom stereocenters. The first-order chi connectivity index (χ1) is 15.0. The highest BCUT2D eigenvalue weighted by Gasteiger charge is 2.12. The molecule has 2 aromatic carbocycles. The van der Waals surface area contributed by atoms with Crippen molar-refractivity contribution in [1.29, 1.82) is 0 Å². The zero-order valence-corrected chi connectivity index (χ0v) is 17.7. The van der Waals surface area contributed by atoms with Gasteiger partial charge in [0.05, 0.1) is 24.0 Å². The molecule has 31 heavy (non-hydrogen) atoms. The van der Waals surface area contributed by atoms with Gasteiger partial charge in [0.25, 0.3) is 5.56 Å². The van der Waals surface area contributed by atoms with Crippen molar-refractivity contribution in [2.45, 2.75) is 26.4 Å². The van der Waals surface area contributed by atoms with Crippen LogP contribution in [0.3, 0.4) is 0 Å². The molecule has 7 nitrogen and oxygen atoms in total. The Morgan fingerprint density at radius 1 is 1.06 bits per heavy atom. The van der Waals surface area contributed by atoms with Crippen molar-refractivity contribution in [3.63, 3.8) is 0 Å². The van der Waals surface area contributed by atoms with Crippen molar-refractivity contribution >= 4 is 22.5 Å². The van der Waals surface area contributed by atoms with Crippen LogP contribution in [0, 0.1) is 0 Å². The molecule has 2 heterocycles. The third-order valence-corrected chi connectivity index (χ3v) is 5.14. The number of anilines is 1. The fourth-order valence-electron chi connectivity index (χ4n) is 3.55. The second-order valence-corrected chi connectivity index (χ2v) is 7.55. The van der Waals surface area contributed by atoms with Crippen LogP contribution in [-0.4, -0.2) is 27.4 Å². The van der Waals surface area contributed by atoms with Crippen LogP contribution >= 0.6 is 0 Å². The zero-order valence-electron chi connectivity index (χ0n) is 17.7. The Morgan fingerprint density at radius 3 is 2.55 bits per heavy atom. The molecular formula is C24H24N4O3. The maximum atomic E-state index is 12.7. The number of aromatic nitrogens is 3. The number of carbonyl (C=O) groups excluding carboxylic acids is 1. The lowest BCUT2D eigenvalue weighted by Crippen LogP contribution is -2.29. The number of amides is 1. The summed E-state index contributed by atoms with van der Waals surface area (Å²) in [5.74, 6) is 0.420. The molecular weight excluding hydrogens is 392 g/mol. The molecule has 0 atom stereocenters. The highest BCUT2D eigenvalue weighted by molar-refractivity contribution is 6.01. The van der Waals surface area contributed by atoms with Gasteiger partial charge in [0.2, 0.25) is 5.91 Å². The number of nitrogens with one attached hydrogen (secondary N) is 1. The van der Waals surface area contributed by atoms with Crippen molar-refractivity contribution in [1.82, 2.24) is 14.3 Å². The van der Waals surface area contributed by atoms with Gasteiger partial charge in [0.15, 0.2) is 0 Å². The van der Waals surface area contributed by atoms with Gasteiger partial charge in [0.1, 0.15) is 12.3 Å². The minimum Gasteiger partial charge on any atom is -0.497 e. The minimum atomic E-state index is -0.336. The van der Waals surface area contributed by atoms with Gasteiger partial charge in [-0.05, 0) is 62.4 Å². The first-order valence-corrected chi connectivity index (χ1v) is 10.1. The fraction of sp³-hybridized carbons (Fsp3) is 0.208. The Bertz CT molecular complexity index is 1290. The van der Waals surface area contributed by atoms with Crippen LogP contribution in [0.1, 0.15) is 19.9 Å². The highest BCUT2D eigenvalue weighted by atomic mass is 16.5. The second kappa shape index (κ2) is 8.47. The third-order valence-electron chi connectivity index (χ3n) is 5.14. The summed E-state index contributed by atoms with van der Waals surface area (Å²) in [5, 5.41) is 8.24. The number of benzene rings is 2. The molecule has 0 radical (unpaired) electrons. The Kier molecular flexibility index (Phi) is 5.58. The van der Waals surface area contributed by atoms with Crippen molar-refractivity contribution in [3.05, 3.63) is 77.2 Å². The van der Waals surface area contributed by atoms with Gasteiger partial charge < -0.3 is 14.6 Å². The lowest BCUT2D eigenvalue weighted by Gasteiger charge is -2.11. The molecule has 1 N–H and O–H groups in total. The van der Waals surface area contributed by atoms with Gasteiger partial charge in [-0.15, -0.1) is 0 Å². The Labute approximate surface area is 179 Å². The van der Waals surface area contributed by atoms with E-state index in [1.807, 2.05) is 54.7 Å². The van der Waals surface area contributed by atoms with Crippen molar-refractivity contribution in [2.75, 3.05) is 12.4 Å². The standard InChI is InChI=1S/C24H24N4O3/c1-16(2)27-14-13-19-21(5-4-6-22(19)27)25-23(29)15-28-24(30)12-11-20(26-28)17-7-9-18(31-3)10-8-17/h4-14,16H,15H2,1-3H3,(H,25,29). The largest absolute Gasteiger partial charge is 0.497 e. The molecule has 0 fully saturated rings. The molecule has 0 aliphatic carbocycles. The fourth-order valence-corrected chi connectivity index (χ4v) is 3.55. The maximum absolute atomic E-state index is 12.7. The summed E-state index contributed by atoms with van der Waals surface area (Å²) < 4.78 is 8.50. The molecule has 2 aromatic heterocycles. The van der Waals surface area contributed by atoms with E-state index < -0.39 is 0 Å². The SMILES string of the molecule is COc1ccc(-c2ccc(=O)n(CC(=O)Nc3cccc4c3ccn4C(C)C)n2)cc1.